The molecule has 0 bridgehead atoms. The number of esters is 5. The van der Waals surface area contributed by atoms with E-state index in [2.05, 4.69) is 10.3 Å². The molecule has 0 aliphatic carbocycles. The minimum atomic E-state index is -3.95. The van der Waals surface area contributed by atoms with Crippen LogP contribution in [0.1, 0.15) is 50.0 Å². The van der Waals surface area contributed by atoms with E-state index in [0.29, 0.717) is 0 Å². The van der Waals surface area contributed by atoms with Crippen LogP contribution >= 0.6 is 0 Å². The predicted molar refractivity (Wildman–Crippen MR) is 134 cm³/mol. The lowest BCUT2D eigenvalue weighted by molar-refractivity contribution is -0.270. The van der Waals surface area contributed by atoms with E-state index in [1.807, 2.05) is 0 Å². The Morgan fingerprint density at radius 3 is 1.98 bits per heavy atom. The summed E-state index contributed by atoms with van der Waals surface area (Å²) in [6.45, 7) is 3.60. The lowest BCUT2D eigenvalue weighted by Crippen LogP contribution is -2.60. The third-order valence-corrected chi connectivity index (χ3v) is 6.48. The third kappa shape index (κ3) is 8.54. The fraction of sp³-hybridized carbons (Fsp3) is 0.458. The lowest BCUT2D eigenvalue weighted by Gasteiger charge is -2.44. The van der Waals surface area contributed by atoms with E-state index in [1.165, 1.54) is 18.3 Å². The number of hydrogen-bond donors (Lipinski definition) is 1. The van der Waals surface area contributed by atoms with Gasteiger partial charge in [0, 0.05) is 27.7 Å². The van der Waals surface area contributed by atoms with Crippen LogP contribution in [0, 0.1) is 0 Å². The molecule has 42 heavy (non-hydrogen) atoms. The zero-order valence-electron chi connectivity index (χ0n) is 22.8. The van der Waals surface area contributed by atoms with Crippen LogP contribution in [-0.2, 0) is 64.2 Å². The first-order chi connectivity index (χ1) is 19.6. The number of nitrogens with two attached hydrogens (primary N) is 1. The van der Waals surface area contributed by atoms with Gasteiger partial charge in [-0.25, -0.2) is 23.0 Å². The van der Waals surface area contributed by atoms with Gasteiger partial charge in [0.2, 0.25) is 10.0 Å². The van der Waals surface area contributed by atoms with Gasteiger partial charge in [-0.15, -0.1) is 5.10 Å². The molecule has 0 spiro atoms. The summed E-state index contributed by atoms with van der Waals surface area (Å²) in [6.07, 6.45) is -5.44. The minimum Gasteiger partial charge on any atom is -0.463 e. The second-order valence-electron chi connectivity index (χ2n) is 8.93. The summed E-state index contributed by atoms with van der Waals surface area (Å²) in [5.41, 5.74) is 0.145. The second-order valence-corrected chi connectivity index (χ2v) is 10.5. The molecule has 0 amide bonds. The van der Waals surface area contributed by atoms with Crippen molar-refractivity contribution in [2.24, 2.45) is 5.14 Å². The minimum absolute atomic E-state index is 0.0365. The van der Waals surface area contributed by atoms with Crippen LogP contribution in [0.25, 0.3) is 0 Å². The quantitative estimate of drug-likeness (QED) is 0.264. The number of carbonyl (C=O) groups is 5. The molecule has 1 aliphatic rings. The van der Waals surface area contributed by atoms with Gasteiger partial charge < -0.3 is 28.4 Å². The molecule has 3 rings (SSSR count). The number of sulfonamides is 1. The Morgan fingerprint density at radius 1 is 0.857 bits per heavy atom. The summed E-state index contributed by atoms with van der Waals surface area (Å²) in [4.78, 5) is 59.6. The number of hydrogen-bond acceptors (Lipinski definition) is 15. The van der Waals surface area contributed by atoms with Crippen molar-refractivity contribution in [3.8, 4) is 0 Å². The van der Waals surface area contributed by atoms with Gasteiger partial charge in [0.05, 0.1) is 16.7 Å². The molecule has 0 unspecified atom stereocenters. The standard InChI is InChI=1S/C24H28N4O13S/c1-12(29)36-11-19-20(38-13(2)30)21(39-14(3)31)22(40-15(4)32)23(41-19)28-9-17(26-27-28)10-37-24(33)16-5-7-18(8-6-16)42(25,34)35/h5-9,19-23H,10-11H2,1-4H3,(H2,25,34,35)/t19-,20+,21+,22-,23-/m1/s1. The van der Waals surface area contributed by atoms with Crippen LogP contribution < -0.4 is 5.14 Å². The highest BCUT2D eigenvalue weighted by Gasteiger charge is 2.53. The highest BCUT2D eigenvalue weighted by atomic mass is 32.2. The summed E-state index contributed by atoms with van der Waals surface area (Å²) in [7, 11) is -3.95. The first-order valence-electron chi connectivity index (χ1n) is 12.2. The maximum absolute atomic E-state index is 12.4. The number of ether oxygens (including phenoxy) is 6. The maximum Gasteiger partial charge on any atom is 0.338 e. The monoisotopic (exact) mass is 612 g/mol. The van der Waals surface area contributed by atoms with Gasteiger partial charge in [-0.2, -0.15) is 0 Å². The van der Waals surface area contributed by atoms with E-state index in [4.69, 9.17) is 33.6 Å². The predicted octanol–water partition coefficient (Wildman–Crippen LogP) is -0.462. The summed E-state index contributed by atoms with van der Waals surface area (Å²) in [5, 5.41) is 12.9. The molecule has 228 valence electrons. The van der Waals surface area contributed by atoms with Crippen molar-refractivity contribution in [1.82, 2.24) is 15.0 Å². The van der Waals surface area contributed by atoms with Crippen LogP contribution in [0.5, 0.6) is 0 Å². The molecule has 5 atom stereocenters. The second kappa shape index (κ2) is 13.5. The normalized spacial score (nSPS) is 22.0. The largest absolute Gasteiger partial charge is 0.463 e. The van der Waals surface area contributed by atoms with Gasteiger partial charge in [-0.05, 0) is 24.3 Å². The van der Waals surface area contributed by atoms with E-state index in [0.717, 1.165) is 44.5 Å². The molecular formula is C24H28N4O13S. The van der Waals surface area contributed by atoms with E-state index < -0.39 is 77.1 Å². The fourth-order valence-corrected chi connectivity index (χ4v) is 4.44. The topological polar surface area (TPSA) is 232 Å². The summed E-state index contributed by atoms with van der Waals surface area (Å²) < 4.78 is 56.2. The maximum atomic E-state index is 12.4. The number of aromatic nitrogens is 3. The molecular weight excluding hydrogens is 584 g/mol. The Bertz CT molecular complexity index is 1440. The van der Waals surface area contributed by atoms with E-state index in [1.54, 1.807) is 0 Å². The summed E-state index contributed by atoms with van der Waals surface area (Å²) in [6, 6.07) is 4.73. The molecule has 2 heterocycles. The average Bonchev–Trinajstić information content (AvgIpc) is 3.36. The number of primary sulfonamides is 1. The van der Waals surface area contributed by atoms with Crippen molar-refractivity contribution in [3.63, 3.8) is 0 Å². The average molecular weight is 613 g/mol. The van der Waals surface area contributed by atoms with E-state index >= 15 is 0 Å². The molecule has 18 heteroatoms. The molecule has 1 aromatic heterocycles. The third-order valence-electron chi connectivity index (χ3n) is 5.55. The first kappa shape index (κ1) is 32.1. The number of rotatable bonds is 10. The fourth-order valence-electron chi connectivity index (χ4n) is 3.93. The smallest absolute Gasteiger partial charge is 0.338 e. The molecule has 1 aliphatic heterocycles. The highest BCUT2D eigenvalue weighted by molar-refractivity contribution is 7.89. The van der Waals surface area contributed by atoms with Crippen molar-refractivity contribution in [2.45, 2.75) is 69.8 Å². The Hall–Kier alpha value is -4.42. The molecule has 2 N–H and O–H groups in total. The van der Waals surface area contributed by atoms with E-state index in [9.17, 15) is 32.4 Å². The highest BCUT2D eigenvalue weighted by Crippen LogP contribution is 2.34. The molecule has 2 aromatic rings. The lowest BCUT2D eigenvalue weighted by atomic mass is 9.97. The SMILES string of the molecule is CC(=O)OC[C@H]1O[C@@H](n2cc(COC(=O)c3ccc(S(N)(=O)=O)cc3)nn2)[C@H](OC(C)=O)[C@@H](OC(C)=O)[C@H]1OC(C)=O. The molecule has 0 saturated carbocycles. The zero-order valence-corrected chi connectivity index (χ0v) is 23.6. The van der Waals surface area contributed by atoms with Gasteiger partial charge >= 0.3 is 29.8 Å². The van der Waals surface area contributed by atoms with Gasteiger partial charge in [-0.1, -0.05) is 5.21 Å². The van der Waals surface area contributed by atoms with Crippen LogP contribution in [0.15, 0.2) is 35.4 Å². The molecule has 0 radical (unpaired) electrons. The first-order valence-corrected chi connectivity index (χ1v) is 13.7. The van der Waals surface area contributed by atoms with Crippen LogP contribution in [-0.4, -0.2) is 84.3 Å². The van der Waals surface area contributed by atoms with Crippen LogP contribution in [0.3, 0.4) is 0 Å². The summed E-state index contributed by atoms with van der Waals surface area (Å²) in [5.74, 6) is -3.86. The number of carbonyl (C=O) groups excluding carboxylic acids is 5. The van der Waals surface area contributed by atoms with Gasteiger partial charge in [0.15, 0.2) is 24.5 Å². The Kier molecular flexibility index (Phi) is 10.3. The Morgan fingerprint density at radius 2 is 1.43 bits per heavy atom. The Labute approximate surface area is 239 Å². The van der Waals surface area contributed by atoms with Gasteiger partial charge in [0.1, 0.15) is 25.0 Å². The van der Waals surface area contributed by atoms with Crippen molar-refractivity contribution in [1.29, 1.82) is 0 Å². The molecule has 17 nitrogen and oxygen atoms in total. The molecule has 1 aromatic carbocycles. The van der Waals surface area contributed by atoms with Crippen LogP contribution in [0.2, 0.25) is 0 Å². The van der Waals surface area contributed by atoms with Crippen molar-refractivity contribution in [2.75, 3.05) is 6.61 Å². The number of benzene rings is 1. The van der Waals surface area contributed by atoms with Crippen LogP contribution in [0.4, 0.5) is 0 Å². The number of nitrogens with zero attached hydrogens (tertiary/aromatic N) is 3. The zero-order chi connectivity index (χ0) is 31.2. The van der Waals surface area contributed by atoms with E-state index in [-0.39, 0.29) is 22.8 Å². The van der Waals surface area contributed by atoms with Crippen molar-refractivity contribution < 1.29 is 60.8 Å². The molecule has 1 fully saturated rings. The van der Waals surface area contributed by atoms with Gasteiger partial charge in [0.25, 0.3) is 0 Å². The van der Waals surface area contributed by atoms with Crippen molar-refractivity contribution in [3.05, 3.63) is 41.7 Å². The summed E-state index contributed by atoms with van der Waals surface area (Å²) >= 11 is 0. The van der Waals surface area contributed by atoms with Gasteiger partial charge in [-0.3, -0.25) is 19.2 Å². The Balaban J connectivity index is 1.86. The molecule has 1 saturated heterocycles. The van der Waals surface area contributed by atoms with Crippen molar-refractivity contribution >= 4 is 39.9 Å².